The van der Waals surface area contributed by atoms with E-state index in [2.05, 4.69) is 11.9 Å². The van der Waals surface area contributed by atoms with Crippen LogP contribution in [0.2, 0.25) is 0 Å². The molecule has 5 nitrogen and oxygen atoms in total. The van der Waals surface area contributed by atoms with E-state index in [0.29, 0.717) is 13.2 Å². The molecule has 0 saturated heterocycles. The van der Waals surface area contributed by atoms with Gasteiger partial charge < -0.3 is 26.5 Å². The maximum absolute atomic E-state index is 11.6. The van der Waals surface area contributed by atoms with Crippen LogP contribution in [-0.2, 0) is 27.7 Å². The zero-order valence-corrected chi connectivity index (χ0v) is 13.6. The van der Waals surface area contributed by atoms with Gasteiger partial charge in [-0.1, -0.05) is 6.92 Å². The van der Waals surface area contributed by atoms with Gasteiger partial charge in [-0.2, -0.15) is 0 Å². The van der Waals surface area contributed by atoms with E-state index in [1.807, 2.05) is 31.7 Å². The highest BCUT2D eigenvalue weighted by Gasteiger charge is 2.15. The largest absolute Gasteiger partial charge is 1.00 e. The Morgan fingerprint density at radius 1 is 1.47 bits per heavy atom. The molecule has 0 aromatic carbocycles. The topological polar surface area (TPSA) is 55.2 Å². The number of carbonyl (C=O) groups excluding carboxylic acids is 1. The van der Waals surface area contributed by atoms with Crippen LogP contribution in [0.15, 0.2) is 6.20 Å². The van der Waals surface area contributed by atoms with Gasteiger partial charge in [0.25, 0.3) is 5.82 Å². The average Bonchev–Trinajstić information content (AvgIpc) is 2.66. The summed E-state index contributed by atoms with van der Waals surface area (Å²) in [4.78, 5) is 14.6. The lowest BCUT2D eigenvalue weighted by molar-refractivity contribution is -0.683. The highest BCUT2D eigenvalue weighted by Crippen LogP contribution is 1.98. The smallest absolute Gasteiger partial charge is 0.314 e. The van der Waals surface area contributed by atoms with Gasteiger partial charge in [0.2, 0.25) is 0 Å². The van der Waals surface area contributed by atoms with Crippen LogP contribution in [0.25, 0.3) is 0 Å². The molecule has 0 bridgehead atoms. The Kier molecular flexibility index (Phi) is 8.67. The van der Waals surface area contributed by atoms with E-state index in [1.54, 1.807) is 0 Å². The Labute approximate surface area is 125 Å². The van der Waals surface area contributed by atoms with E-state index in [4.69, 9.17) is 9.47 Å². The molecule has 1 atom stereocenters. The molecule has 0 fully saturated rings. The second-order valence-corrected chi connectivity index (χ2v) is 4.41. The molecule has 1 aromatic heterocycles. The van der Waals surface area contributed by atoms with Gasteiger partial charge >= 0.3 is 5.97 Å². The monoisotopic (exact) mass is 334 g/mol. The number of aryl methyl sites for hydroxylation is 1. The predicted molar refractivity (Wildman–Crippen MR) is 67.1 cm³/mol. The van der Waals surface area contributed by atoms with E-state index in [0.717, 1.165) is 17.9 Å². The summed E-state index contributed by atoms with van der Waals surface area (Å²) in [7, 11) is 1.92. The normalized spacial score (nSPS) is 11.8. The van der Waals surface area contributed by atoms with E-state index in [9.17, 15) is 4.79 Å². The standard InChI is InChI=1S/C13H22N2O3.BrH/c1-5-10(2)17-6-7-18-13(16)8-12-9-14-11(3)15(12)4;/h9-10H,5-8H2,1-4H3;1H. The molecule has 0 amide bonds. The minimum Gasteiger partial charge on any atom is -1.00 e. The molecule has 0 aliphatic carbocycles. The number of halogens is 1. The minimum absolute atomic E-state index is 0. The first-order valence-electron chi connectivity index (χ1n) is 6.34. The molecule has 0 aliphatic heterocycles. The van der Waals surface area contributed by atoms with E-state index < -0.39 is 0 Å². The van der Waals surface area contributed by atoms with Gasteiger partial charge in [0.1, 0.15) is 19.2 Å². The van der Waals surface area contributed by atoms with Crippen LogP contribution < -0.4 is 21.5 Å². The zero-order chi connectivity index (χ0) is 13.5. The molecular weight excluding hydrogens is 312 g/mol. The zero-order valence-electron chi connectivity index (χ0n) is 12.0. The Bertz CT molecular complexity index is 393. The molecule has 110 valence electrons. The lowest BCUT2D eigenvalue weighted by Gasteiger charge is -2.10. The number of H-pyrrole nitrogens is 1. The minimum atomic E-state index is -0.225. The summed E-state index contributed by atoms with van der Waals surface area (Å²) >= 11 is 0. The van der Waals surface area contributed by atoms with Gasteiger partial charge in [-0.15, -0.1) is 0 Å². The van der Waals surface area contributed by atoms with Crippen molar-refractivity contribution in [1.82, 2.24) is 4.98 Å². The number of aromatic amines is 1. The third kappa shape index (κ3) is 6.20. The number of imidazole rings is 1. The Hall–Kier alpha value is -0.880. The summed E-state index contributed by atoms with van der Waals surface area (Å²) < 4.78 is 12.5. The van der Waals surface area contributed by atoms with Crippen LogP contribution >= 0.6 is 0 Å². The van der Waals surface area contributed by atoms with Crippen molar-refractivity contribution in [3.8, 4) is 0 Å². The third-order valence-corrected chi connectivity index (χ3v) is 3.03. The molecule has 0 saturated carbocycles. The van der Waals surface area contributed by atoms with Gasteiger partial charge in [0.05, 0.1) is 19.8 Å². The van der Waals surface area contributed by atoms with Crippen molar-refractivity contribution in [3.63, 3.8) is 0 Å². The van der Waals surface area contributed by atoms with Crippen molar-refractivity contribution in [2.24, 2.45) is 7.05 Å². The van der Waals surface area contributed by atoms with Crippen LogP contribution in [0.1, 0.15) is 31.8 Å². The Morgan fingerprint density at radius 2 is 2.16 bits per heavy atom. The quantitative estimate of drug-likeness (QED) is 0.358. The number of nitrogens with zero attached hydrogens (tertiary/aromatic N) is 1. The maximum atomic E-state index is 11.6. The summed E-state index contributed by atoms with van der Waals surface area (Å²) in [5.74, 6) is 0.787. The maximum Gasteiger partial charge on any atom is 0.314 e. The molecule has 0 radical (unpaired) electrons. The van der Waals surface area contributed by atoms with Crippen molar-refractivity contribution < 1.29 is 35.8 Å². The van der Waals surface area contributed by atoms with Gasteiger partial charge in [-0.05, 0) is 13.3 Å². The van der Waals surface area contributed by atoms with Crippen LogP contribution in [0, 0.1) is 6.92 Å². The molecule has 1 aromatic rings. The highest BCUT2D eigenvalue weighted by molar-refractivity contribution is 5.71. The number of hydrogen-bond donors (Lipinski definition) is 1. The van der Waals surface area contributed by atoms with Gasteiger partial charge in [-0.3, -0.25) is 4.79 Å². The first kappa shape index (κ1) is 18.1. The van der Waals surface area contributed by atoms with Crippen molar-refractivity contribution in [1.29, 1.82) is 0 Å². The van der Waals surface area contributed by atoms with E-state index >= 15 is 0 Å². The molecule has 1 rings (SSSR count). The molecular formula is C13H23BrN2O3. The van der Waals surface area contributed by atoms with Crippen molar-refractivity contribution in [3.05, 3.63) is 17.7 Å². The molecule has 0 spiro atoms. The lowest BCUT2D eigenvalue weighted by Crippen LogP contribution is -3.00. The summed E-state index contributed by atoms with van der Waals surface area (Å²) in [5, 5.41) is 0. The van der Waals surface area contributed by atoms with Crippen LogP contribution in [0.5, 0.6) is 0 Å². The molecule has 1 unspecified atom stereocenters. The second-order valence-electron chi connectivity index (χ2n) is 4.41. The molecule has 1 N–H and O–H groups in total. The van der Waals surface area contributed by atoms with E-state index in [1.165, 1.54) is 0 Å². The molecule has 19 heavy (non-hydrogen) atoms. The van der Waals surface area contributed by atoms with Gasteiger partial charge in [0.15, 0.2) is 5.69 Å². The first-order chi connectivity index (χ1) is 8.54. The van der Waals surface area contributed by atoms with E-state index in [-0.39, 0.29) is 35.5 Å². The molecule has 6 heteroatoms. The van der Waals surface area contributed by atoms with Crippen molar-refractivity contribution in [2.45, 2.75) is 39.7 Å². The Morgan fingerprint density at radius 3 is 2.68 bits per heavy atom. The second kappa shape index (κ2) is 9.09. The number of hydrogen-bond acceptors (Lipinski definition) is 3. The summed E-state index contributed by atoms with van der Waals surface area (Å²) in [6, 6.07) is 0. The predicted octanol–water partition coefficient (Wildman–Crippen LogP) is -1.95. The third-order valence-electron chi connectivity index (χ3n) is 3.03. The number of ether oxygens (including phenoxy) is 2. The molecule has 0 aliphatic rings. The Balaban J connectivity index is 0.00000324. The number of nitrogens with one attached hydrogen (secondary N) is 1. The average molecular weight is 335 g/mol. The van der Waals surface area contributed by atoms with Crippen molar-refractivity contribution >= 4 is 5.97 Å². The van der Waals surface area contributed by atoms with Crippen LogP contribution in [0.4, 0.5) is 0 Å². The number of esters is 1. The summed E-state index contributed by atoms with van der Waals surface area (Å²) in [5.41, 5.74) is 0.917. The highest BCUT2D eigenvalue weighted by atomic mass is 79.9. The van der Waals surface area contributed by atoms with Gasteiger partial charge in [-0.25, -0.2) is 9.55 Å². The SMILES string of the molecule is CCC(C)OCCOC(=O)Cc1c[nH]c(C)[n+]1C.[Br-]. The van der Waals surface area contributed by atoms with Crippen LogP contribution in [-0.4, -0.2) is 30.3 Å². The first-order valence-corrected chi connectivity index (χ1v) is 6.34. The van der Waals surface area contributed by atoms with Crippen molar-refractivity contribution in [2.75, 3.05) is 13.2 Å². The number of aromatic nitrogens is 2. The molecule has 1 heterocycles. The fourth-order valence-electron chi connectivity index (χ4n) is 1.49. The van der Waals surface area contributed by atoms with Gasteiger partial charge in [0, 0.05) is 6.92 Å². The number of carbonyl (C=O) groups is 1. The fraction of sp³-hybridized carbons (Fsp3) is 0.692. The number of rotatable bonds is 7. The summed E-state index contributed by atoms with van der Waals surface area (Å²) in [6.07, 6.45) is 3.29. The lowest BCUT2D eigenvalue weighted by atomic mass is 10.3. The fourth-order valence-corrected chi connectivity index (χ4v) is 1.49. The summed E-state index contributed by atoms with van der Waals surface area (Å²) in [6.45, 7) is 6.79. The van der Waals surface area contributed by atoms with Crippen LogP contribution in [0.3, 0.4) is 0 Å².